The van der Waals surface area contributed by atoms with Gasteiger partial charge in [-0.15, -0.1) is 0 Å². The molecule has 0 spiro atoms. The molecule has 1 fully saturated rings. The smallest absolute Gasteiger partial charge is 0.220 e. The highest BCUT2D eigenvalue weighted by atomic mass is 16.1. The summed E-state index contributed by atoms with van der Waals surface area (Å²) in [6, 6.07) is 5.78. The van der Waals surface area contributed by atoms with Crippen LogP contribution in [0.5, 0.6) is 0 Å². The van der Waals surface area contributed by atoms with E-state index in [1.165, 1.54) is 0 Å². The van der Waals surface area contributed by atoms with Crippen molar-refractivity contribution in [1.82, 2.24) is 10.3 Å². The quantitative estimate of drug-likeness (QED) is 0.758. The van der Waals surface area contributed by atoms with E-state index in [9.17, 15) is 4.79 Å². The van der Waals surface area contributed by atoms with E-state index in [0.717, 1.165) is 12.2 Å². The molecular weight excluding hydrogens is 176 g/mol. The molecule has 0 aromatic carbocycles. The van der Waals surface area contributed by atoms with E-state index < -0.39 is 0 Å². The first-order chi connectivity index (χ1) is 6.84. The van der Waals surface area contributed by atoms with Crippen molar-refractivity contribution in [2.45, 2.75) is 6.42 Å². The van der Waals surface area contributed by atoms with E-state index in [4.69, 9.17) is 0 Å². The Labute approximate surface area is 82.9 Å². The van der Waals surface area contributed by atoms with Crippen molar-refractivity contribution in [2.24, 2.45) is 5.92 Å². The Morgan fingerprint density at radius 3 is 3.07 bits per heavy atom. The van der Waals surface area contributed by atoms with Gasteiger partial charge in [-0.1, -0.05) is 12.1 Å². The minimum atomic E-state index is 0.140. The SMILES string of the molecule is O=C1CC(/C=C/c2ccccn2)CN1. The minimum Gasteiger partial charge on any atom is -0.355 e. The van der Waals surface area contributed by atoms with Gasteiger partial charge in [0.05, 0.1) is 5.69 Å². The van der Waals surface area contributed by atoms with E-state index in [2.05, 4.69) is 10.3 Å². The molecule has 0 bridgehead atoms. The molecule has 0 saturated carbocycles. The van der Waals surface area contributed by atoms with Crippen molar-refractivity contribution >= 4 is 12.0 Å². The van der Waals surface area contributed by atoms with Crippen molar-refractivity contribution in [3.05, 3.63) is 36.2 Å². The van der Waals surface area contributed by atoms with Gasteiger partial charge in [0.15, 0.2) is 0 Å². The van der Waals surface area contributed by atoms with E-state index in [1.54, 1.807) is 6.20 Å². The lowest BCUT2D eigenvalue weighted by molar-refractivity contribution is -0.119. The fourth-order valence-electron chi connectivity index (χ4n) is 1.47. The van der Waals surface area contributed by atoms with Gasteiger partial charge >= 0.3 is 0 Å². The van der Waals surface area contributed by atoms with Gasteiger partial charge in [0.25, 0.3) is 0 Å². The van der Waals surface area contributed by atoms with Gasteiger partial charge in [-0.05, 0) is 18.2 Å². The van der Waals surface area contributed by atoms with Crippen LogP contribution in [0.25, 0.3) is 6.08 Å². The summed E-state index contributed by atoms with van der Waals surface area (Å²) in [4.78, 5) is 15.1. The summed E-state index contributed by atoms with van der Waals surface area (Å²) in [5.74, 6) is 0.463. The summed E-state index contributed by atoms with van der Waals surface area (Å²) in [6.07, 6.45) is 6.37. The number of carbonyl (C=O) groups excluding carboxylic acids is 1. The van der Waals surface area contributed by atoms with E-state index >= 15 is 0 Å². The third-order valence-corrected chi connectivity index (χ3v) is 2.24. The highest BCUT2D eigenvalue weighted by molar-refractivity contribution is 5.78. The van der Waals surface area contributed by atoms with Gasteiger partial charge in [-0.3, -0.25) is 9.78 Å². The molecule has 1 aliphatic rings. The first kappa shape index (κ1) is 8.94. The predicted octanol–water partition coefficient (Wildman–Crippen LogP) is 1.23. The fourth-order valence-corrected chi connectivity index (χ4v) is 1.47. The van der Waals surface area contributed by atoms with Crippen LogP contribution in [0.3, 0.4) is 0 Å². The molecule has 1 unspecified atom stereocenters. The molecule has 1 N–H and O–H groups in total. The summed E-state index contributed by atoms with van der Waals surface area (Å²) >= 11 is 0. The topological polar surface area (TPSA) is 42.0 Å². The largest absolute Gasteiger partial charge is 0.355 e. The van der Waals surface area contributed by atoms with Crippen LogP contribution in [-0.4, -0.2) is 17.4 Å². The lowest BCUT2D eigenvalue weighted by Crippen LogP contribution is -2.13. The summed E-state index contributed by atoms with van der Waals surface area (Å²) in [5, 5.41) is 2.80. The molecule has 0 aliphatic carbocycles. The Bertz CT molecular complexity index is 346. The predicted molar refractivity (Wildman–Crippen MR) is 54.4 cm³/mol. The zero-order valence-corrected chi connectivity index (χ0v) is 7.81. The highest BCUT2D eigenvalue weighted by Gasteiger charge is 2.18. The Balaban J connectivity index is 1.97. The molecular formula is C11H12N2O. The number of amides is 1. The average Bonchev–Trinajstić information content (AvgIpc) is 2.63. The number of nitrogens with zero attached hydrogens (tertiary/aromatic N) is 1. The van der Waals surface area contributed by atoms with Crippen LogP contribution in [-0.2, 0) is 4.79 Å². The average molecular weight is 188 g/mol. The van der Waals surface area contributed by atoms with Gasteiger partial charge in [0.2, 0.25) is 5.91 Å². The fraction of sp³-hybridized carbons (Fsp3) is 0.273. The Kier molecular flexibility index (Phi) is 2.58. The number of pyridine rings is 1. The summed E-state index contributed by atoms with van der Waals surface area (Å²) in [7, 11) is 0. The van der Waals surface area contributed by atoms with E-state index in [0.29, 0.717) is 12.3 Å². The zero-order valence-electron chi connectivity index (χ0n) is 7.81. The van der Waals surface area contributed by atoms with Crippen LogP contribution in [0, 0.1) is 5.92 Å². The minimum absolute atomic E-state index is 0.140. The number of hydrogen-bond acceptors (Lipinski definition) is 2. The van der Waals surface area contributed by atoms with Crippen LogP contribution in [0.1, 0.15) is 12.1 Å². The number of aromatic nitrogens is 1. The van der Waals surface area contributed by atoms with Crippen LogP contribution >= 0.6 is 0 Å². The third-order valence-electron chi connectivity index (χ3n) is 2.24. The molecule has 1 aliphatic heterocycles. The van der Waals surface area contributed by atoms with Crippen LogP contribution in [0.4, 0.5) is 0 Å². The summed E-state index contributed by atoms with van der Waals surface area (Å²) in [5.41, 5.74) is 0.937. The third kappa shape index (κ3) is 2.19. The number of rotatable bonds is 2. The first-order valence-electron chi connectivity index (χ1n) is 4.70. The van der Waals surface area contributed by atoms with Gasteiger partial charge in [-0.2, -0.15) is 0 Å². The second-order valence-electron chi connectivity index (χ2n) is 3.38. The lowest BCUT2D eigenvalue weighted by Gasteiger charge is -1.97. The molecule has 1 aromatic heterocycles. The van der Waals surface area contributed by atoms with Crippen molar-refractivity contribution in [3.63, 3.8) is 0 Å². The molecule has 1 aromatic rings. The molecule has 1 amide bonds. The van der Waals surface area contributed by atoms with Crippen molar-refractivity contribution in [1.29, 1.82) is 0 Å². The Morgan fingerprint density at radius 1 is 1.50 bits per heavy atom. The van der Waals surface area contributed by atoms with Crippen LogP contribution in [0.2, 0.25) is 0 Å². The maximum atomic E-state index is 10.9. The number of hydrogen-bond donors (Lipinski definition) is 1. The maximum Gasteiger partial charge on any atom is 0.220 e. The van der Waals surface area contributed by atoms with E-state index in [1.807, 2.05) is 30.4 Å². The van der Waals surface area contributed by atoms with Crippen LogP contribution < -0.4 is 5.32 Å². The summed E-state index contributed by atoms with van der Waals surface area (Å²) in [6.45, 7) is 0.752. The van der Waals surface area contributed by atoms with Gasteiger partial charge < -0.3 is 5.32 Å². The Morgan fingerprint density at radius 2 is 2.43 bits per heavy atom. The second kappa shape index (κ2) is 4.05. The highest BCUT2D eigenvalue weighted by Crippen LogP contribution is 2.11. The normalized spacial score (nSPS) is 21.4. The molecule has 3 nitrogen and oxygen atoms in total. The molecule has 14 heavy (non-hydrogen) atoms. The monoisotopic (exact) mass is 188 g/mol. The maximum absolute atomic E-state index is 10.9. The summed E-state index contributed by atoms with van der Waals surface area (Å²) < 4.78 is 0. The van der Waals surface area contributed by atoms with Crippen LogP contribution in [0.15, 0.2) is 30.5 Å². The van der Waals surface area contributed by atoms with E-state index in [-0.39, 0.29) is 5.91 Å². The molecule has 0 radical (unpaired) electrons. The molecule has 2 rings (SSSR count). The molecule has 1 saturated heterocycles. The Hall–Kier alpha value is -1.64. The van der Waals surface area contributed by atoms with Crippen molar-refractivity contribution in [3.8, 4) is 0 Å². The second-order valence-corrected chi connectivity index (χ2v) is 3.38. The lowest BCUT2D eigenvalue weighted by atomic mass is 10.1. The van der Waals surface area contributed by atoms with Gasteiger partial charge in [-0.25, -0.2) is 0 Å². The van der Waals surface area contributed by atoms with Crippen molar-refractivity contribution < 1.29 is 4.79 Å². The molecule has 2 heterocycles. The number of carbonyl (C=O) groups is 1. The van der Waals surface area contributed by atoms with Gasteiger partial charge in [0, 0.05) is 25.1 Å². The molecule has 3 heteroatoms. The molecule has 1 atom stereocenters. The first-order valence-corrected chi connectivity index (χ1v) is 4.70. The number of nitrogens with one attached hydrogen (secondary N) is 1. The standard InChI is InChI=1S/C11H12N2O/c14-11-7-9(8-13-11)4-5-10-3-1-2-6-12-10/h1-6,9H,7-8H2,(H,13,14)/b5-4+. The van der Waals surface area contributed by atoms with Crippen molar-refractivity contribution in [2.75, 3.05) is 6.54 Å². The zero-order chi connectivity index (χ0) is 9.80. The van der Waals surface area contributed by atoms with Gasteiger partial charge in [0.1, 0.15) is 0 Å². The molecule has 72 valence electrons.